The fraction of sp³-hybridized carbons (Fsp3) is 0.824. The molecule has 1 amide bonds. The maximum atomic E-state index is 10.2. The number of carbonyl (C=O) groups is 1. The van der Waals surface area contributed by atoms with Crippen molar-refractivity contribution in [1.82, 2.24) is 5.32 Å². The highest BCUT2D eigenvalue weighted by Crippen LogP contribution is 2.08. The topological polar surface area (TPSA) is 49.3 Å². The Balaban J connectivity index is 3.05. The number of carboxylic acid groups (broad SMARTS) is 1. The van der Waals surface area contributed by atoms with Gasteiger partial charge in [0.2, 0.25) is 0 Å². The Bertz CT molecular complexity index is 239. The van der Waals surface area contributed by atoms with Crippen LogP contribution in [0.5, 0.6) is 0 Å². The van der Waals surface area contributed by atoms with Crippen molar-refractivity contribution in [3.8, 4) is 0 Å². The number of unbranched alkanes of at least 4 members (excludes halogenated alkanes) is 10. The zero-order valence-corrected chi connectivity index (χ0v) is 13.2. The lowest BCUT2D eigenvalue weighted by Crippen LogP contribution is -2.21. The van der Waals surface area contributed by atoms with E-state index in [0.717, 1.165) is 12.8 Å². The van der Waals surface area contributed by atoms with E-state index in [-0.39, 0.29) is 0 Å². The van der Waals surface area contributed by atoms with E-state index in [1.54, 1.807) is 0 Å². The number of hydrogen-bond acceptors (Lipinski definition) is 1. The molecule has 0 rings (SSSR count). The SMILES string of the molecule is CCCCCC/C=C\CCCCCCCCNC(=O)O. The second kappa shape index (κ2) is 16.1. The Morgan fingerprint density at radius 3 is 1.90 bits per heavy atom. The van der Waals surface area contributed by atoms with Crippen molar-refractivity contribution in [2.24, 2.45) is 0 Å². The predicted octanol–water partition coefficient (Wildman–Crippen LogP) is 5.51. The summed E-state index contributed by atoms with van der Waals surface area (Å²) in [5.41, 5.74) is 0. The molecule has 0 saturated carbocycles. The average Bonchev–Trinajstić information content (AvgIpc) is 2.43. The van der Waals surface area contributed by atoms with Crippen LogP contribution in [0.3, 0.4) is 0 Å². The first-order valence-corrected chi connectivity index (χ1v) is 8.39. The van der Waals surface area contributed by atoms with Gasteiger partial charge in [0.05, 0.1) is 0 Å². The van der Waals surface area contributed by atoms with Crippen molar-refractivity contribution >= 4 is 6.09 Å². The fourth-order valence-electron chi connectivity index (χ4n) is 2.21. The quantitative estimate of drug-likeness (QED) is 0.326. The van der Waals surface area contributed by atoms with Crippen LogP contribution < -0.4 is 5.32 Å². The molecule has 20 heavy (non-hydrogen) atoms. The molecule has 0 atom stereocenters. The number of amides is 1. The summed E-state index contributed by atoms with van der Waals surface area (Å²) >= 11 is 0. The van der Waals surface area contributed by atoms with Crippen molar-refractivity contribution in [2.45, 2.75) is 84.0 Å². The van der Waals surface area contributed by atoms with Crippen LogP contribution in [-0.4, -0.2) is 17.7 Å². The summed E-state index contributed by atoms with van der Waals surface area (Å²) in [5, 5.41) is 10.8. The van der Waals surface area contributed by atoms with Gasteiger partial charge in [-0.05, 0) is 32.1 Å². The Kier molecular flexibility index (Phi) is 15.3. The molecule has 0 aliphatic heterocycles. The summed E-state index contributed by atoms with van der Waals surface area (Å²) in [6.07, 6.45) is 18.8. The van der Waals surface area contributed by atoms with Gasteiger partial charge in [0.1, 0.15) is 0 Å². The highest BCUT2D eigenvalue weighted by Gasteiger charge is 1.94. The predicted molar refractivity (Wildman–Crippen MR) is 86.2 cm³/mol. The highest BCUT2D eigenvalue weighted by atomic mass is 16.4. The lowest BCUT2D eigenvalue weighted by Gasteiger charge is -2.01. The summed E-state index contributed by atoms with van der Waals surface area (Å²) in [5.74, 6) is 0. The van der Waals surface area contributed by atoms with Crippen LogP contribution in [0.25, 0.3) is 0 Å². The van der Waals surface area contributed by atoms with Crippen LogP contribution in [0.15, 0.2) is 12.2 Å². The third-order valence-corrected chi connectivity index (χ3v) is 3.46. The van der Waals surface area contributed by atoms with E-state index in [9.17, 15) is 4.79 Å². The number of nitrogens with one attached hydrogen (secondary N) is 1. The maximum absolute atomic E-state index is 10.2. The number of allylic oxidation sites excluding steroid dienone is 2. The van der Waals surface area contributed by atoms with Gasteiger partial charge in [-0.3, -0.25) is 0 Å². The first-order chi connectivity index (χ1) is 9.77. The van der Waals surface area contributed by atoms with Crippen molar-refractivity contribution in [2.75, 3.05) is 6.54 Å². The molecule has 3 heteroatoms. The van der Waals surface area contributed by atoms with Crippen LogP contribution in [0.4, 0.5) is 4.79 Å². The summed E-state index contributed by atoms with van der Waals surface area (Å²) in [6, 6.07) is 0. The average molecular weight is 283 g/mol. The molecule has 0 bridgehead atoms. The lowest BCUT2D eigenvalue weighted by atomic mass is 10.1. The Labute approximate surface area is 124 Å². The first kappa shape index (κ1) is 19.0. The molecule has 0 aliphatic rings. The second-order valence-electron chi connectivity index (χ2n) is 5.46. The summed E-state index contributed by atoms with van der Waals surface area (Å²) in [6.45, 7) is 2.84. The van der Waals surface area contributed by atoms with Crippen molar-refractivity contribution in [1.29, 1.82) is 0 Å². The number of rotatable bonds is 14. The largest absolute Gasteiger partial charge is 0.465 e. The van der Waals surface area contributed by atoms with Gasteiger partial charge in [0.15, 0.2) is 0 Å². The normalized spacial score (nSPS) is 11.1. The molecular formula is C17H33NO2. The van der Waals surface area contributed by atoms with E-state index in [1.165, 1.54) is 64.2 Å². The summed E-state index contributed by atoms with van der Waals surface area (Å²) < 4.78 is 0. The van der Waals surface area contributed by atoms with Crippen molar-refractivity contribution < 1.29 is 9.90 Å². The van der Waals surface area contributed by atoms with Gasteiger partial charge in [-0.15, -0.1) is 0 Å². The van der Waals surface area contributed by atoms with Crippen LogP contribution in [0.1, 0.15) is 84.0 Å². The zero-order valence-electron chi connectivity index (χ0n) is 13.2. The molecular weight excluding hydrogens is 250 g/mol. The molecule has 0 fully saturated rings. The molecule has 3 nitrogen and oxygen atoms in total. The minimum absolute atomic E-state index is 0.593. The van der Waals surface area contributed by atoms with Crippen LogP contribution >= 0.6 is 0 Å². The third kappa shape index (κ3) is 17.0. The maximum Gasteiger partial charge on any atom is 0.404 e. The van der Waals surface area contributed by atoms with E-state index in [4.69, 9.17) is 5.11 Å². The van der Waals surface area contributed by atoms with Gasteiger partial charge in [-0.1, -0.05) is 64.0 Å². The van der Waals surface area contributed by atoms with E-state index >= 15 is 0 Å². The van der Waals surface area contributed by atoms with E-state index in [2.05, 4.69) is 24.4 Å². The van der Waals surface area contributed by atoms with Crippen LogP contribution in [0.2, 0.25) is 0 Å². The van der Waals surface area contributed by atoms with Crippen molar-refractivity contribution in [3.05, 3.63) is 12.2 Å². The zero-order chi connectivity index (χ0) is 14.9. The van der Waals surface area contributed by atoms with Crippen LogP contribution in [-0.2, 0) is 0 Å². The summed E-state index contributed by atoms with van der Waals surface area (Å²) in [4.78, 5) is 10.2. The minimum Gasteiger partial charge on any atom is -0.465 e. The monoisotopic (exact) mass is 283 g/mol. The standard InChI is InChI=1S/C17H33NO2/c1-2-3-4-5-6-7-8-9-10-11-12-13-14-15-16-18-17(19)20/h7-8,18H,2-6,9-16H2,1H3,(H,19,20)/b8-7-. The van der Waals surface area contributed by atoms with E-state index in [1.807, 2.05) is 0 Å². The highest BCUT2D eigenvalue weighted by molar-refractivity contribution is 5.64. The molecule has 0 aromatic heterocycles. The molecule has 0 aliphatic carbocycles. The summed E-state index contributed by atoms with van der Waals surface area (Å²) in [7, 11) is 0. The first-order valence-electron chi connectivity index (χ1n) is 8.39. The lowest BCUT2D eigenvalue weighted by molar-refractivity contribution is 0.194. The minimum atomic E-state index is -0.911. The molecule has 0 aromatic rings. The third-order valence-electron chi connectivity index (χ3n) is 3.46. The molecule has 2 N–H and O–H groups in total. The smallest absolute Gasteiger partial charge is 0.404 e. The molecule has 0 saturated heterocycles. The molecule has 0 heterocycles. The van der Waals surface area contributed by atoms with E-state index in [0.29, 0.717) is 6.54 Å². The fourth-order valence-corrected chi connectivity index (χ4v) is 2.21. The van der Waals surface area contributed by atoms with Gasteiger partial charge in [0.25, 0.3) is 0 Å². The van der Waals surface area contributed by atoms with Gasteiger partial charge in [0, 0.05) is 6.54 Å². The molecule has 0 aromatic carbocycles. The van der Waals surface area contributed by atoms with Gasteiger partial charge in [-0.2, -0.15) is 0 Å². The Hall–Kier alpha value is -0.990. The van der Waals surface area contributed by atoms with Crippen LogP contribution in [0, 0.1) is 0 Å². The van der Waals surface area contributed by atoms with Gasteiger partial charge < -0.3 is 10.4 Å². The second-order valence-corrected chi connectivity index (χ2v) is 5.46. The molecule has 118 valence electrons. The Morgan fingerprint density at radius 1 is 0.850 bits per heavy atom. The molecule has 0 spiro atoms. The molecule has 0 radical (unpaired) electrons. The van der Waals surface area contributed by atoms with Gasteiger partial charge >= 0.3 is 6.09 Å². The Morgan fingerprint density at radius 2 is 1.35 bits per heavy atom. The molecule has 0 unspecified atom stereocenters. The van der Waals surface area contributed by atoms with Gasteiger partial charge in [-0.25, -0.2) is 4.79 Å². The number of hydrogen-bond donors (Lipinski definition) is 2. The van der Waals surface area contributed by atoms with Crippen molar-refractivity contribution in [3.63, 3.8) is 0 Å². The van der Waals surface area contributed by atoms with E-state index < -0.39 is 6.09 Å².